The Kier molecular flexibility index (Phi) is 7.41. The van der Waals surface area contributed by atoms with Crippen LogP contribution < -0.4 is 0 Å². The maximum absolute atomic E-state index is 5.28. The van der Waals surface area contributed by atoms with Gasteiger partial charge in [0, 0.05) is 37.4 Å². The lowest BCUT2D eigenvalue weighted by Gasteiger charge is -2.36. The molecule has 1 spiro atoms. The molecule has 0 amide bonds. The minimum atomic E-state index is -0.0704. The molecule has 3 aliphatic rings. The van der Waals surface area contributed by atoms with Gasteiger partial charge in [0.1, 0.15) is 4.83 Å². The number of nitrogens with zero attached hydrogens (tertiary/aromatic N) is 2. The Balaban J connectivity index is 0.939. The highest BCUT2D eigenvalue weighted by molar-refractivity contribution is 7.25. The van der Waals surface area contributed by atoms with Crippen LogP contribution in [0.4, 0.5) is 0 Å². The molecule has 278 valence electrons. The van der Waals surface area contributed by atoms with E-state index in [0.29, 0.717) is 0 Å². The summed E-state index contributed by atoms with van der Waals surface area (Å²) in [4.78, 5) is 11.5. The smallest absolute Gasteiger partial charge is 0.161 e. The Morgan fingerprint density at radius 2 is 1.07 bits per heavy atom. The lowest BCUT2D eigenvalue weighted by Crippen LogP contribution is -2.28. The van der Waals surface area contributed by atoms with Crippen molar-refractivity contribution in [1.82, 2.24) is 9.97 Å². The molecule has 0 bridgehead atoms. The van der Waals surface area contributed by atoms with Gasteiger partial charge in [-0.3, -0.25) is 0 Å². The summed E-state index contributed by atoms with van der Waals surface area (Å²) in [5.41, 5.74) is 19.7. The second-order valence-electron chi connectivity index (χ2n) is 17.2. The Hall–Kier alpha value is -6.16. The minimum absolute atomic E-state index is 0.0704. The molecule has 1 fully saturated rings. The van der Waals surface area contributed by atoms with E-state index < -0.39 is 0 Å². The van der Waals surface area contributed by atoms with E-state index >= 15 is 0 Å². The fourth-order valence-corrected chi connectivity index (χ4v) is 11.9. The SMILES string of the molecule is CC1(C)c2ccc(-c3cccc(-c4cccc(-c5nc(-c6ccccc6)c6c(n5)sc5ccccc56)c4)c3)cc2-c2cc3c(cc21)-c1ccccc1C31CCCCC1. The van der Waals surface area contributed by atoms with Gasteiger partial charge in [-0.1, -0.05) is 154 Å². The Labute approximate surface area is 343 Å². The monoisotopic (exact) mass is 762 g/mol. The topological polar surface area (TPSA) is 25.8 Å². The number of rotatable bonds is 4. The summed E-state index contributed by atoms with van der Waals surface area (Å²) in [5.74, 6) is 0.750. The number of thiophene rings is 1. The maximum atomic E-state index is 5.28. The van der Waals surface area contributed by atoms with Gasteiger partial charge in [-0.2, -0.15) is 0 Å². The van der Waals surface area contributed by atoms with Crippen molar-refractivity contribution in [2.24, 2.45) is 0 Å². The summed E-state index contributed by atoms with van der Waals surface area (Å²) < 4.78 is 1.23. The van der Waals surface area contributed by atoms with E-state index in [1.807, 2.05) is 0 Å². The molecule has 7 aromatic carbocycles. The number of hydrogen-bond donors (Lipinski definition) is 0. The van der Waals surface area contributed by atoms with E-state index in [4.69, 9.17) is 9.97 Å². The van der Waals surface area contributed by atoms with Crippen molar-refractivity contribution >= 4 is 31.6 Å². The predicted octanol–water partition coefficient (Wildman–Crippen LogP) is 15.0. The first-order chi connectivity index (χ1) is 28.5. The van der Waals surface area contributed by atoms with E-state index in [9.17, 15) is 0 Å². The first-order valence-corrected chi connectivity index (χ1v) is 21.7. The fourth-order valence-electron chi connectivity index (χ4n) is 10.8. The second kappa shape index (κ2) is 12.7. The highest BCUT2D eigenvalue weighted by Gasteiger charge is 2.46. The van der Waals surface area contributed by atoms with Crippen LogP contribution in [-0.2, 0) is 10.8 Å². The van der Waals surface area contributed by atoms with Gasteiger partial charge in [0.05, 0.1) is 5.69 Å². The summed E-state index contributed by atoms with van der Waals surface area (Å²) in [5, 5.41) is 2.34. The van der Waals surface area contributed by atoms with Gasteiger partial charge >= 0.3 is 0 Å². The molecule has 2 nitrogen and oxygen atoms in total. The molecule has 0 aliphatic heterocycles. The summed E-state index contributed by atoms with van der Waals surface area (Å²) in [6.07, 6.45) is 6.46. The number of benzene rings is 7. The molecular weight excluding hydrogens is 721 g/mol. The average molecular weight is 763 g/mol. The van der Waals surface area contributed by atoms with E-state index in [1.54, 1.807) is 22.5 Å². The van der Waals surface area contributed by atoms with Crippen LogP contribution in [0.25, 0.3) is 87.5 Å². The van der Waals surface area contributed by atoms with E-state index in [0.717, 1.165) is 38.4 Å². The summed E-state index contributed by atoms with van der Waals surface area (Å²) in [6.45, 7) is 4.83. The molecule has 2 aromatic heterocycles. The van der Waals surface area contributed by atoms with Crippen LogP contribution in [0.1, 0.15) is 68.2 Å². The zero-order valence-electron chi connectivity index (χ0n) is 32.8. The van der Waals surface area contributed by atoms with Crippen molar-refractivity contribution in [3.05, 3.63) is 180 Å². The quantitative estimate of drug-likeness (QED) is 0.178. The third-order valence-electron chi connectivity index (χ3n) is 13.7. The molecule has 2 heterocycles. The van der Waals surface area contributed by atoms with Crippen molar-refractivity contribution in [1.29, 1.82) is 0 Å². The summed E-state index contributed by atoms with van der Waals surface area (Å²) >= 11 is 1.74. The molecule has 1 saturated carbocycles. The summed E-state index contributed by atoms with van der Waals surface area (Å²) in [6, 6.07) is 58.6. The molecule has 12 rings (SSSR count). The molecule has 3 heteroatoms. The van der Waals surface area contributed by atoms with Gasteiger partial charge in [0.25, 0.3) is 0 Å². The molecule has 0 N–H and O–H groups in total. The van der Waals surface area contributed by atoms with Crippen molar-refractivity contribution < 1.29 is 0 Å². The highest BCUT2D eigenvalue weighted by Crippen LogP contribution is 2.60. The Morgan fingerprint density at radius 3 is 1.88 bits per heavy atom. The first-order valence-electron chi connectivity index (χ1n) is 20.9. The van der Waals surface area contributed by atoms with Crippen LogP contribution in [0.5, 0.6) is 0 Å². The number of aromatic nitrogens is 2. The molecule has 58 heavy (non-hydrogen) atoms. The molecular formula is C55H42N2S. The molecule has 0 unspecified atom stereocenters. The second-order valence-corrected chi connectivity index (χ2v) is 18.2. The molecule has 3 aliphatic carbocycles. The van der Waals surface area contributed by atoms with Gasteiger partial charge in [-0.05, 0) is 116 Å². The highest BCUT2D eigenvalue weighted by atomic mass is 32.1. The average Bonchev–Trinajstić information content (AvgIpc) is 3.86. The zero-order valence-corrected chi connectivity index (χ0v) is 33.7. The van der Waals surface area contributed by atoms with Crippen molar-refractivity contribution in [3.63, 3.8) is 0 Å². The lowest BCUT2D eigenvalue weighted by molar-refractivity contribution is 0.353. The molecule has 0 radical (unpaired) electrons. The van der Waals surface area contributed by atoms with E-state index in [2.05, 4.69) is 172 Å². The normalized spacial score (nSPS) is 15.7. The third-order valence-corrected chi connectivity index (χ3v) is 14.8. The number of fused-ring (bicyclic) bond motifs is 11. The van der Waals surface area contributed by atoms with Gasteiger partial charge in [-0.15, -0.1) is 11.3 Å². The standard InChI is InChI=1S/C55H42N2S/c1-54(2)45-26-25-38(31-42(45)44-33-48-43(32-47(44)54)40-21-7-9-23-46(40)55(48)27-11-4-12-28-55)36-18-13-17-35(29-36)37-19-14-20-39(30-37)52-56-51(34-15-5-3-6-16-34)50-41-22-8-10-24-49(41)58-53(50)57-52/h3,5-10,13-26,29-33H,4,11-12,27-28H2,1-2H3. The van der Waals surface area contributed by atoms with Crippen LogP contribution in [0, 0.1) is 0 Å². The summed E-state index contributed by atoms with van der Waals surface area (Å²) in [7, 11) is 0. The first kappa shape index (κ1) is 33.9. The largest absolute Gasteiger partial charge is 0.227 e. The molecule has 9 aromatic rings. The van der Waals surface area contributed by atoms with Crippen LogP contribution in [0.15, 0.2) is 158 Å². The Bertz CT molecular complexity index is 3130. The zero-order chi connectivity index (χ0) is 38.6. The van der Waals surface area contributed by atoms with Crippen molar-refractivity contribution in [2.45, 2.75) is 56.8 Å². The maximum Gasteiger partial charge on any atom is 0.161 e. The van der Waals surface area contributed by atoms with Gasteiger partial charge in [-0.25, -0.2) is 9.97 Å². The molecule has 0 atom stereocenters. The van der Waals surface area contributed by atoms with Crippen molar-refractivity contribution in [2.75, 3.05) is 0 Å². The number of hydrogen-bond acceptors (Lipinski definition) is 3. The van der Waals surface area contributed by atoms with Gasteiger partial charge in [0.2, 0.25) is 0 Å². The predicted molar refractivity (Wildman–Crippen MR) is 244 cm³/mol. The van der Waals surface area contributed by atoms with Crippen LogP contribution >= 0.6 is 11.3 Å². The lowest BCUT2D eigenvalue weighted by atomic mass is 9.67. The van der Waals surface area contributed by atoms with Gasteiger partial charge < -0.3 is 0 Å². The van der Waals surface area contributed by atoms with Crippen LogP contribution in [-0.4, -0.2) is 9.97 Å². The van der Waals surface area contributed by atoms with E-state index in [1.165, 1.54) is 92.3 Å². The van der Waals surface area contributed by atoms with Crippen LogP contribution in [0.2, 0.25) is 0 Å². The Morgan fingerprint density at radius 1 is 0.448 bits per heavy atom. The minimum Gasteiger partial charge on any atom is -0.227 e. The molecule has 0 saturated heterocycles. The fraction of sp³-hybridized carbons (Fsp3) is 0.164. The van der Waals surface area contributed by atoms with Crippen LogP contribution in [0.3, 0.4) is 0 Å². The van der Waals surface area contributed by atoms with Crippen molar-refractivity contribution in [3.8, 4) is 67.2 Å². The van der Waals surface area contributed by atoms with E-state index in [-0.39, 0.29) is 10.8 Å². The van der Waals surface area contributed by atoms with Gasteiger partial charge in [0.15, 0.2) is 5.82 Å². The third kappa shape index (κ3) is 4.96.